The lowest BCUT2D eigenvalue weighted by Gasteiger charge is -2.32. The van der Waals surface area contributed by atoms with E-state index < -0.39 is 29.5 Å². The van der Waals surface area contributed by atoms with E-state index in [1.54, 1.807) is 35.2 Å². The van der Waals surface area contributed by atoms with Crippen LogP contribution in [0.5, 0.6) is 0 Å². The first-order valence-electron chi connectivity index (χ1n) is 8.18. The van der Waals surface area contributed by atoms with Gasteiger partial charge in [0.1, 0.15) is 11.5 Å². The molecule has 130 valence electrons. The summed E-state index contributed by atoms with van der Waals surface area (Å²) in [6, 6.07) is 6.83. The van der Waals surface area contributed by atoms with Crippen molar-refractivity contribution in [2.45, 2.75) is 24.2 Å². The summed E-state index contributed by atoms with van der Waals surface area (Å²) < 4.78 is 11.1. The number of nitrogens with zero attached hydrogens (tertiary/aromatic N) is 1. The van der Waals surface area contributed by atoms with E-state index in [2.05, 4.69) is 6.58 Å². The molecule has 1 amide bonds. The lowest BCUT2D eigenvalue weighted by molar-refractivity contribution is -0.149. The van der Waals surface area contributed by atoms with Gasteiger partial charge in [0.15, 0.2) is 0 Å². The van der Waals surface area contributed by atoms with Gasteiger partial charge in [-0.05, 0) is 30.7 Å². The maximum Gasteiger partial charge on any atom is 0.312 e. The van der Waals surface area contributed by atoms with Crippen LogP contribution in [0.2, 0.25) is 5.02 Å². The molecule has 5 nitrogen and oxygen atoms in total. The summed E-state index contributed by atoms with van der Waals surface area (Å²) in [6.45, 7) is 3.82. The first kappa shape index (κ1) is 16.4. The Morgan fingerprint density at radius 2 is 2.16 bits per heavy atom. The van der Waals surface area contributed by atoms with Crippen LogP contribution >= 0.6 is 11.6 Å². The molecule has 3 aliphatic heterocycles. The number of anilines is 1. The summed E-state index contributed by atoms with van der Waals surface area (Å²) in [7, 11) is 1.34. The molecule has 2 bridgehead atoms. The fourth-order valence-corrected chi connectivity index (χ4v) is 4.54. The van der Waals surface area contributed by atoms with E-state index in [1.807, 2.05) is 12.2 Å². The minimum absolute atomic E-state index is 0.128. The largest absolute Gasteiger partial charge is 0.469 e. The molecule has 4 rings (SSSR count). The van der Waals surface area contributed by atoms with Crippen LogP contribution in [0.15, 0.2) is 49.1 Å². The lowest BCUT2D eigenvalue weighted by Crippen LogP contribution is -2.45. The summed E-state index contributed by atoms with van der Waals surface area (Å²) >= 11 is 5.98. The number of hydrogen-bond donors (Lipinski definition) is 0. The van der Waals surface area contributed by atoms with Crippen LogP contribution in [0.4, 0.5) is 5.69 Å². The molecule has 0 aromatic heterocycles. The minimum Gasteiger partial charge on any atom is -0.469 e. The number of benzene rings is 1. The van der Waals surface area contributed by atoms with Crippen LogP contribution in [0, 0.1) is 11.8 Å². The van der Waals surface area contributed by atoms with Crippen molar-refractivity contribution in [2.75, 3.05) is 12.0 Å². The molecule has 0 aliphatic carbocycles. The van der Waals surface area contributed by atoms with E-state index in [-0.39, 0.29) is 11.9 Å². The van der Waals surface area contributed by atoms with Crippen molar-refractivity contribution in [3.8, 4) is 0 Å². The molecule has 3 heterocycles. The smallest absolute Gasteiger partial charge is 0.312 e. The van der Waals surface area contributed by atoms with E-state index in [1.165, 1.54) is 7.11 Å². The first-order valence-corrected chi connectivity index (χ1v) is 8.56. The highest BCUT2D eigenvalue weighted by atomic mass is 35.5. The van der Waals surface area contributed by atoms with Crippen LogP contribution < -0.4 is 4.90 Å². The van der Waals surface area contributed by atoms with Crippen molar-refractivity contribution in [2.24, 2.45) is 11.8 Å². The summed E-state index contributed by atoms with van der Waals surface area (Å²) in [5.41, 5.74) is -0.0943. The Bertz CT molecular complexity index is 774. The number of ether oxygens (including phenoxy) is 2. The fourth-order valence-electron chi connectivity index (χ4n) is 4.41. The average molecular weight is 360 g/mol. The molecule has 25 heavy (non-hydrogen) atoms. The number of hydrogen-bond acceptors (Lipinski definition) is 4. The molecule has 0 radical (unpaired) electrons. The number of carbonyl (C=O) groups is 2. The Hall–Kier alpha value is -2.11. The Kier molecular flexibility index (Phi) is 3.74. The number of fused-ring (bicyclic) bond motifs is 1. The maximum absolute atomic E-state index is 13.3. The molecule has 1 aromatic rings. The van der Waals surface area contributed by atoms with Gasteiger partial charge in [0.2, 0.25) is 5.91 Å². The van der Waals surface area contributed by atoms with Crippen LogP contribution in [-0.4, -0.2) is 36.7 Å². The summed E-state index contributed by atoms with van der Waals surface area (Å²) in [5, 5.41) is 0.596. The zero-order valence-corrected chi connectivity index (χ0v) is 14.5. The highest BCUT2D eigenvalue weighted by Crippen LogP contribution is 2.56. The van der Waals surface area contributed by atoms with Crippen molar-refractivity contribution >= 4 is 29.2 Å². The van der Waals surface area contributed by atoms with Gasteiger partial charge in [0, 0.05) is 10.7 Å². The van der Waals surface area contributed by atoms with Gasteiger partial charge in [-0.2, -0.15) is 0 Å². The molecule has 0 unspecified atom stereocenters. The van der Waals surface area contributed by atoms with Gasteiger partial charge in [-0.1, -0.05) is 29.8 Å². The quantitative estimate of drug-likeness (QED) is 0.612. The molecule has 6 heteroatoms. The van der Waals surface area contributed by atoms with Gasteiger partial charge in [-0.25, -0.2) is 0 Å². The van der Waals surface area contributed by atoms with E-state index in [4.69, 9.17) is 21.1 Å². The monoisotopic (exact) mass is 359 g/mol. The summed E-state index contributed by atoms with van der Waals surface area (Å²) in [5.74, 6) is -1.75. The number of methoxy groups -OCH3 is 1. The van der Waals surface area contributed by atoms with E-state index in [0.717, 1.165) is 5.69 Å². The maximum atomic E-state index is 13.3. The van der Waals surface area contributed by atoms with Gasteiger partial charge in [0.25, 0.3) is 0 Å². The van der Waals surface area contributed by atoms with Crippen LogP contribution in [0.3, 0.4) is 0 Å². The minimum atomic E-state index is -0.825. The molecule has 2 saturated heterocycles. The molecule has 1 spiro atoms. The first-order chi connectivity index (χ1) is 12.0. The third-order valence-corrected chi connectivity index (χ3v) is 5.64. The molecule has 2 fully saturated rings. The summed E-state index contributed by atoms with van der Waals surface area (Å²) in [6.07, 6.45) is 5.71. The van der Waals surface area contributed by atoms with Crippen molar-refractivity contribution in [3.05, 3.63) is 54.1 Å². The molecule has 0 saturated carbocycles. The number of esters is 1. The van der Waals surface area contributed by atoms with Crippen LogP contribution in [0.25, 0.3) is 0 Å². The zero-order valence-electron chi connectivity index (χ0n) is 13.7. The summed E-state index contributed by atoms with van der Waals surface area (Å²) in [4.78, 5) is 27.3. The number of carbonyl (C=O) groups excluding carboxylic acids is 2. The van der Waals surface area contributed by atoms with Gasteiger partial charge >= 0.3 is 5.97 Å². The lowest BCUT2D eigenvalue weighted by atomic mass is 9.74. The van der Waals surface area contributed by atoms with Crippen molar-refractivity contribution in [1.29, 1.82) is 0 Å². The molecule has 1 aromatic carbocycles. The number of rotatable bonds is 4. The standard InChI is InChI=1S/C19H18ClNO4/c1-3-4-14-19-10-9-13(25-19)15(18(23)24-2)16(19)17(22)21(14)12-7-5-11(20)6-8-12/h3,5-10,13-16H,1,4H2,2H3/t13-,14+,15+,16+,19-/m1/s1. The Morgan fingerprint density at radius 1 is 1.44 bits per heavy atom. The van der Waals surface area contributed by atoms with E-state index in [0.29, 0.717) is 11.4 Å². The third-order valence-electron chi connectivity index (χ3n) is 5.39. The zero-order chi connectivity index (χ0) is 17.8. The number of amides is 1. The Balaban J connectivity index is 1.81. The molecule has 5 atom stereocenters. The van der Waals surface area contributed by atoms with E-state index >= 15 is 0 Å². The highest BCUT2D eigenvalue weighted by Gasteiger charge is 2.71. The number of halogens is 1. The fraction of sp³-hybridized carbons (Fsp3) is 0.368. The Morgan fingerprint density at radius 3 is 2.80 bits per heavy atom. The second-order valence-electron chi connectivity index (χ2n) is 6.55. The van der Waals surface area contributed by atoms with Gasteiger partial charge in [-0.3, -0.25) is 9.59 Å². The second-order valence-corrected chi connectivity index (χ2v) is 6.98. The van der Waals surface area contributed by atoms with Gasteiger partial charge in [0.05, 0.1) is 25.2 Å². The normalized spacial score (nSPS) is 35.1. The van der Waals surface area contributed by atoms with Crippen LogP contribution in [0.1, 0.15) is 6.42 Å². The third kappa shape index (κ3) is 2.12. The SMILES string of the molecule is C=CC[C@@H]1N(c2ccc(Cl)cc2)C(=O)[C@@H]2[C@@H](C(=O)OC)[C@H]3C=C[C@]21O3. The van der Waals surface area contributed by atoms with Crippen LogP contribution in [-0.2, 0) is 19.1 Å². The highest BCUT2D eigenvalue weighted by molar-refractivity contribution is 6.30. The van der Waals surface area contributed by atoms with Gasteiger partial charge in [-0.15, -0.1) is 6.58 Å². The van der Waals surface area contributed by atoms with Crippen molar-refractivity contribution in [1.82, 2.24) is 0 Å². The Labute approximate surface area is 150 Å². The topological polar surface area (TPSA) is 55.8 Å². The predicted octanol–water partition coefficient (Wildman–Crippen LogP) is 2.74. The molecule has 0 N–H and O–H groups in total. The van der Waals surface area contributed by atoms with Gasteiger partial charge < -0.3 is 14.4 Å². The predicted molar refractivity (Wildman–Crippen MR) is 93.3 cm³/mol. The average Bonchev–Trinajstić information content (AvgIpc) is 3.25. The molecule has 3 aliphatic rings. The molecular formula is C19H18ClNO4. The van der Waals surface area contributed by atoms with Crippen molar-refractivity contribution in [3.63, 3.8) is 0 Å². The van der Waals surface area contributed by atoms with E-state index in [9.17, 15) is 9.59 Å². The van der Waals surface area contributed by atoms with Crippen molar-refractivity contribution < 1.29 is 19.1 Å². The second kappa shape index (κ2) is 5.71. The molecular weight excluding hydrogens is 342 g/mol.